The molecule has 3 nitrogen and oxygen atoms in total. The minimum Gasteiger partial charge on any atom is -0.411 e. The van der Waals surface area contributed by atoms with Crippen molar-refractivity contribution in [1.82, 2.24) is 0 Å². The first-order valence-electron chi connectivity index (χ1n) is 11.8. The molecule has 0 unspecified atom stereocenters. The van der Waals surface area contributed by atoms with Gasteiger partial charge in [-0.05, 0) is 35.7 Å². The van der Waals surface area contributed by atoms with Crippen molar-refractivity contribution in [2.75, 3.05) is 0 Å². The number of hydrogen-bond donors (Lipinski definition) is 0. The second-order valence-corrected chi connectivity index (χ2v) is 14.7. The van der Waals surface area contributed by atoms with Gasteiger partial charge in [-0.2, -0.15) is 0 Å². The molecule has 0 amide bonds. The fraction of sp³-hybridized carbons (Fsp3) is 0.500. The van der Waals surface area contributed by atoms with E-state index in [2.05, 4.69) is 71.6 Å². The zero-order valence-electron chi connectivity index (χ0n) is 20.8. The van der Waals surface area contributed by atoms with Crippen LogP contribution in [-0.2, 0) is 27.1 Å². The zero-order chi connectivity index (χ0) is 23.6. The maximum Gasteiger partial charge on any atom is 0.192 e. The maximum atomic E-state index is 6.91. The van der Waals surface area contributed by atoms with Gasteiger partial charge in [-0.3, -0.25) is 0 Å². The van der Waals surface area contributed by atoms with Crippen LogP contribution in [0.2, 0.25) is 18.1 Å². The van der Waals surface area contributed by atoms with E-state index >= 15 is 0 Å². The van der Waals surface area contributed by atoms with Crippen LogP contribution in [0.25, 0.3) is 0 Å². The van der Waals surface area contributed by atoms with Gasteiger partial charge in [0.05, 0.1) is 19.3 Å². The third-order valence-corrected chi connectivity index (χ3v) is 10.8. The molecule has 2 rings (SSSR count). The van der Waals surface area contributed by atoms with Gasteiger partial charge in [0.2, 0.25) is 0 Å². The first kappa shape index (κ1) is 26.5. The van der Waals surface area contributed by atoms with Gasteiger partial charge >= 0.3 is 0 Å². The molecule has 2 aromatic rings. The van der Waals surface area contributed by atoms with E-state index in [4.69, 9.17) is 13.9 Å². The van der Waals surface area contributed by atoms with Crippen LogP contribution in [0.4, 0.5) is 0 Å². The molecule has 0 fully saturated rings. The third kappa shape index (κ3) is 8.00. The Morgan fingerprint density at radius 3 is 1.81 bits per heavy atom. The molecule has 176 valence electrons. The summed E-state index contributed by atoms with van der Waals surface area (Å²) in [7, 11) is -1.99. The SMILES string of the molecule is C=C[C@H](OCc1ccccc1)[C@H](OCc1ccccc1)[C@@H](CCC)O[Si](C)(C)C(C)(C)C. The topological polar surface area (TPSA) is 27.7 Å². The average molecular weight is 455 g/mol. The fourth-order valence-electron chi connectivity index (χ4n) is 3.37. The second-order valence-electron chi connectivity index (χ2n) is 9.96. The first-order chi connectivity index (χ1) is 15.2. The smallest absolute Gasteiger partial charge is 0.192 e. The minimum atomic E-state index is -1.99. The Labute approximate surface area is 196 Å². The molecule has 32 heavy (non-hydrogen) atoms. The standard InChI is InChI=1S/C28H42O3Si/c1-8-16-26(31-32(6,7)28(3,4)5)27(30-22-24-19-14-11-15-20-24)25(9-2)29-21-23-17-12-10-13-18-23/h9-15,17-20,25-27H,2,8,16,21-22H2,1,3-7H3/t25-,26+,27-/m0/s1. The molecule has 0 bridgehead atoms. The summed E-state index contributed by atoms with van der Waals surface area (Å²) in [6.07, 6.45) is 3.27. The van der Waals surface area contributed by atoms with Gasteiger partial charge in [0.25, 0.3) is 0 Å². The highest BCUT2D eigenvalue weighted by Crippen LogP contribution is 2.39. The lowest BCUT2D eigenvalue weighted by atomic mass is 10.0. The van der Waals surface area contributed by atoms with Gasteiger partial charge in [-0.25, -0.2) is 0 Å². The summed E-state index contributed by atoms with van der Waals surface area (Å²) in [6.45, 7) is 18.8. The van der Waals surface area contributed by atoms with E-state index in [1.165, 1.54) is 0 Å². The van der Waals surface area contributed by atoms with Crippen molar-refractivity contribution in [2.24, 2.45) is 0 Å². The van der Waals surface area contributed by atoms with Crippen molar-refractivity contribution in [3.05, 3.63) is 84.4 Å². The Balaban J connectivity index is 2.26. The van der Waals surface area contributed by atoms with Crippen molar-refractivity contribution in [2.45, 2.75) is 90.2 Å². The van der Waals surface area contributed by atoms with Gasteiger partial charge in [-0.15, -0.1) is 6.58 Å². The van der Waals surface area contributed by atoms with Crippen LogP contribution in [0, 0.1) is 0 Å². The lowest BCUT2D eigenvalue weighted by Crippen LogP contribution is -2.50. The minimum absolute atomic E-state index is 0.0524. The van der Waals surface area contributed by atoms with Gasteiger partial charge in [-0.1, -0.05) is 101 Å². The summed E-state index contributed by atoms with van der Waals surface area (Å²) >= 11 is 0. The highest BCUT2D eigenvalue weighted by atomic mass is 28.4. The van der Waals surface area contributed by atoms with E-state index in [0.29, 0.717) is 13.2 Å². The largest absolute Gasteiger partial charge is 0.411 e. The molecule has 3 atom stereocenters. The number of benzene rings is 2. The molecule has 0 heterocycles. The Kier molecular flexibility index (Phi) is 10.4. The summed E-state index contributed by atoms with van der Waals surface area (Å²) in [4.78, 5) is 0. The second kappa shape index (κ2) is 12.5. The predicted molar refractivity (Wildman–Crippen MR) is 137 cm³/mol. The molecule has 0 radical (unpaired) electrons. The van der Waals surface area contributed by atoms with Crippen LogP contribution in [0.3, 0.4) is 0 Å². The quantitative estimate of drug-likeness (QED) is 0.231. The lowest BCUT2D eigenvalue weighted by Gasteiger charge is -2.42. The van der Waals surface area contributed by atoms with Gasteiger partial charge in [0.15, 0.2) is 8.32 Å². The van der Waals surface area contributed by atoms with E-state index in [-0.39, 0.29) is 23.4 Å². The van der Waals surface area contributed by atoms with Crippen LogP contribution in [0.1, 0.15) is 51.7 Å². The Hall–Kier alpha value is -1.72. The molecule has 2 aromatic carbocycles. The average Bonchev–Trinajstić information content (AvgIpc) is 2.76. The summed E-state index contributed by atoms with van der Waals surface area (Å²) < 4.78 is 19.8. The van der Waals surface area contributed by atoms with Crippen LogP contribution in [0.15, 0.2) is 73.3 Å². The first-order valence-corrected chi connectivity index (χ1v) is 14.7. The van der Waals surface area contributed by atoms with Crippen LogP contribution < -0.4 is 0 Å². The molecule has 0 N–H and O–H groups in total. The van der Waals surface area contributed by atoms with E-state index in [1.807, 2.05) is 42.5 Å². The number of ether oxygens (including phenoxy) is 2. The number of rotatable bonds is 13. The Bertz CT molecular complexity index is 783. The normalized spacial score (nSPS) is 15.2. The Morgan fingerprint density at radius 1 is 0.875 bits per heavy atom. The molecule has 0 saturated heterocycles. The summed E-state index contributed by atoms with van der Waals surface area (Å²) in [5.74, 6) is 0. The van der Waals surface area contributed by atoms with Crippen molar-refractivity contribution >= 4 is 8.32 Å². The van der Waals surface area contributed by atoms with E-state index in [1.54, 1.807) is 0 Å². The number of hydrogen-bond acceptors (Lipinski definition) is 3. The molecular formula is C28H42O3Si. The van der Waals surface area contributed by atoms with Crippen LogP contribution in [-0.4, -0.2) is 26.6 Å². The lowest BCUT2D eigenvalue weighted by molar-refractivity contribution is -0.113. The fourth-order valence-corrected chi connectivity index (χ4v) is 4.74. The molecule has 4 heteroatoms. The molecular weight excluding hydrogens is 412 g/mol. The van der Waals surface area contributed by atoms with Crippen molar-refractivity contribution in [3.63, 3.8) is 0 Å². The van der Waals surface area contributed by atoms with Gasteiger partial charge in [0.1, 0.15) is 12.2 Å². The molecule has 0 aliphatic rings. The van der Waals surface area contributed by atoms with Crippen molar-refractivity contribution in [1.29, 1.82) is 0 Å². The molecule has 0 aliphatic heterocycles. The highest BCUT2D eigenvalue weighted by molar-refractivity contribution is 6.74. The zero-order valence-corrected chi connectivity index (χ0v) is 21.8. The maximum absolute atomic E-state index is 6.91. The third-order valence-electron chi connectivity index (χ3n) is 6.32. The summed E-state index contributed by atoms with van der Waals surface area (Å²) in [6, 6.07) is 20.5. The monoisotopic (exact) mass is 454 g/mol. The van der Waals surface area contributed by atoms with Crippen molar-refractivity contribution in [3.8, 4) is 0 Å². The molecule has 0 spiro atoms. The summed E-state index contributed by atoms with van der Waals surface area (Å²) in [5.41, 5.74) is 2.28. The molecule has 0 saturated carbocycles. The van der Waals surface area contributed by atoms with Crippen LogP contribution >= 0.6 is 0 Å². The van der Waals surface area contributed by atoms with Gasteiger partial charge < -0.3 is 13.9 Å². The predicted octanol–water partition coefficient (Wildman–Crippen LogP) is 7.53. The van der Waals surface area contributed by atoms with E-state index in [0.717, 1.165) is 24.0 Å². The molecule has 0 aromatic heterocycles. The molecule has 0 aliphatic carbocycles. The van der Waals surface area contributed by atoms with E-state index in [9.17, 15) is 0 Å². The highest BCUT2D eigenvalue weighted by Gasteiger charge is 2.42. The van der Waals surface area contributed by atoms with E-state index < -0.39 is 8.32 Å². The Morgan fingerprint density at radius 2 is 1.38 bits per heavy atom. The van der Waals surface area contributed by atoms with Gasteiger partial charge in [0, 0.05) is 0 Å². The van der Waals surface area contributed by atoms with Crippen LogP contribution in [0.5, 0.6) is 0 Å². The summed E-state index contributed by atoms with van der Waals surface area (Å²) in [5, 5.41) is 0.123. The van der Waals surface area contributed by atoms with Crippen molar-refractivity contribution < 1.29 is 13.9 Å².